The normalized spacial score (nSPS) is 11.5. The minimum atomic E-state index is -4.73. The number of aryl methyl sites for hydroxylation is 1. The van der Waals surface area contributed by atoms with Crippen molar-refractivity contribution in [3.63, 3.8) is 0 Å². The van der Waals surface area contributed by atoms with Gasteiger partial charge in [-0.3, -0.25) is 0 Å². The minimum Gasteiger partial charge on any atom is -0.508 e. The van der Waals surface area contributed by atoms with Crippen LogP contribution < -0.4 is 4.74 Å². The van der Waals surface area contributed by atoms with Crippen molar-refractivity contribution in [1.29, 1.82) is 0 Å². The third-order valence-electron chi connectivity index (χ3n) is 1.79. The van der Waals surface area contributed by atoms with Crippen LogP contribution in [0.15, 0.2) is 12.1 Å². The van der Waals surface area contributed by atoms with E-state index >= 15 is 0 Å². The zero-order valence-corrected chi connectivity index (χ0v) is 7.64. The lowest BCUT2D eigenvalue weighted by molar-refractivity contribution is -0.275. The molecule has 0 aliphatic heterocycles. The van der Waals surface area contributed by atoms with Crippen molar-refractivity contribution >= 4 is 0 Å². The van der Waals surface area contributed by atoms with E-state index in [0.29, 0.717) is 5.56 Å². The summed E-state index contributed by atoms with van der Waals surface area (Å²) in [5.41, 5.74) is 0.417. The first kappa shape index (κ1) is 10.7. The van der Waals surface area contributed by atoms with Crippen LogP contribution in [0.25, 0.3) is 0 Å². The Morgan fingerprint density at radius 3 is 2.29 bits per heavy atom. The molecule has 0 saturated carbocycles. The highest BCUT2D eigenvalue weighted by Gasteiger charge is 2.32. The number of ether oxygens (including phenoxy) is 1. The van der Waals surface area contributed by atoms with Gasteiger partial charge >= 0.3 is 6.36 Å². The first-order chi connectivity index (χ1) is 6.31. The second-order valence-electron chi connectivity index (χ2n) is 2.90. The van der Waals surface area contributed by atoms with Gasteiger partial charge in [0.15, 0.2) is 0 Å². The Hall–Kier alpha value is -1.39. The minimum absolute atomic E-state index is 0.0855. The van der Waals surface area contributed by atoms with Crippen LogP contribution in [0.5, 0.6) is 11.5 Å². The average Bonchev–Trinajstić information content (AvgIpc) is 2.04. The molecule has 0 saturated heterocycles. The van der Waals surface area contributed by atoms with Crippen LogP contribution >= 0.6 is 0 Å². The molecule has 0 atom stereocenters. The third-order valence-corrected chi connectivity index (χ3v) is 1.79. The summed E-state index contributed by atoms with van der Waals surface area (Å²) in [6.07, 6.45) is -4.73. The fraction of sp³-hybridized carbons (Fsp3) is 0.333. The van der Waals surface area contributed by atoms with E-state index in [2.05, 4.69) is 4.74 Å². The summed E-state index contributed by atoms with van der Waals surface area (Å²) in [6.45, 7) is 2.84. The van der Waals surface area contributed by atoms with Gasteiger partial charge in [-0.2, -0.15) is 0 Å². The molecule has 0 unspecified atom stereocenters. The van der Waals surface area contributed by atoms with Crippen LogP contribution in [-0.4, -0.2) is 11.5 Å². The van der Waals surface area contributed by atoms with E-state index in [9.17, 15) is 18.3 Å². The molecule has 0 fully saturated rings. The maximum atomic E-state index is 11.9. The van der Waals surface area contributed by atoms with Crippen molar-refractivity contribution in [3.05, 3.63) is 23.3 Å². The summed E-state index contributed by atoms with van der Waals surface area (Å²) in [4.78, 5) is 0. The number of alkyl halides is 3. The monoisotopic (exact) mass is 206 g/mol. The van der Waals surface area contributed by atoms with Crippen molar-refractivity contribution in [1.82, 2.24) is 0 Å². The van der Waals surface area contributed by atoms with Crippen LogP contribution in [0.3, 0.4) is 0 Å². The first-order valence-corrected chi connectivity index (χ1v) is 3.86. The predicted molar refractivity (Wildman–Crippen MR) is 44.3 cm³/mol. The molecule has 1 aromatic carbocycles. The van der Waals surface area contributed by atoms with Crippen LogP contribution in [0.4, 0.5) is 13.2 Å². The summed E-state index contributed by atoms with van der Waals surface area (Å²) >= 11 is 0. The van der Waals surface area contributed by atoms with E-state index in [4.69, 9.17) is 0 Å². The average molecular weight is 206 g/mol. The molecule has 0 amide bonds. The zero-order valence-electron chi connectivity index (χ0n) is 7.64. The third kappa shape index (κ3) is 2.31. The molecule has 0 heterocycles. The Morgan fingerprint density at radius 2 is 1.79 bits per heavy atom. The molecule has 0 aliphatic carbocycles. The van der Waals surface area contributed by atoms with Crippen LogP contribution in [0, 0.1) is 13.8 Å². The van der Waals surface area contributed by atoms with Crippen molar-refractivity contribution in [2.24, 2.45) is 0 Å². The van der Waals surface area contributed by atoms with E-state index in [1.54, 1.807) is 0 Å². The van der Waals surface area contributed by atoms with Gasteiger partial charge < -0.3 is 9.84 Å². The van der Waals surface area contributed by atoms with E-state index in [0.717, 1.165) is 0 Å². The molecule has 1 rings (SSSR count). The number of phenolic OH excluding ortho intramolecular Hbond substituents is 1. The van der Waals surface area contributed by atoms with Gasteiger partial charge in [-0.05, 0) is 25.5 Å². The standard InChI is InChI=1S/C9H9F3O2/c1-5-3-4-7(13)6(2)8(5)14-9(10,11)12/h3-4,13H,1-2H3. The second-order valence-corrected chi connectivity index (χ2v) is 2.90. The molecule has 0 aliphatic rings. The van der Waals surface area contributed by atoms with Gasteiger partial charge in [0.05, 0.1) is 0 Å². The Bertz CT molecular complexity index is 345. The summed E-state index contributed by atoms with van der Waals surface area (Å²) in [7, 11) is 0. The number of phenols is 1. The molecular weight excluding hydrogens is 197 g/mol. The molecule has 1 N–H and O–H groups in total. The largest absolute Gasteiger partial charge is 0.573 e. The van der Waals surface area contributed by atoms with Crippen LogP contribution in [0.2, 0.25) is 0 Å². The lowest BCUT2D eigenvalue weighted by atomic mass is 10.1. The molecule has 0 bridgehead atoms. The highest BCUT2D eigenvalue weighted by Crippen LogP contribution is 2.33. The van der Waals surface area contributed by atoms with Gasteiger partial charge in [0.1, 0.15) is 11.5 Å². The zero-order chi connectivity index (χ0) is 10.9. The van der Waals surface area contributed by atoms with Gasteiger partial charge in [0.25, 0.3) is 0 Å². The van der Waals surface area contributed by atoms with Gasteiger partial charge in [-0.25, -0.2) is 0 Å². The SMILES string of the molecule is Cc1ccc(O)c(C)c1OC(F)(F)F. The smallest absolute Gasteiger partial charge is 0.508 e. The Morgan fingerprint density at radius 1 is 1.21 bits per heavy atom. The summed E-state index contributed by atoms with van der Waals surface area (Å²) in [6, 6.07) is 2.69. The number of aromatic hydroxyl groups is 1. The number of halogens is 3. The highest BCUT2D eigenvalue weighted by molar-refractivity contribution is 5.48. The van der Waals surface area contributed by atoms with Gasteiger partial charge in [0.2, 0.25) is 0 Å². The Kier molecular flexibility index (Phi) is 2.59. The number of benzene rings is 1. The molecule has 0 spiro atoms. The maximum Gasteiger partial charge on any atom is 0.573 e. The molecule has 5 heteroatoms. The van der Waals surface area contributed by atoms with Crippen molar-refractivity contribution in [3.8, 4) is 11.5 Å². The van der Waals surface area contributed by atoms with Gasteiger partial charge in [-0.15, -0.1) is 13.2 Å². The van der Waals surface area contributed by atoms with E-state index in [1.165, 1.54) is 26.0 Å². The molecule has 0 radical (unpaired) electrons. The number of hydrogen-bond donors (Lipinski definition) is 1. The van der Waals surface area contributed by atoms with Gasteiger partial charge in [-0.1, -0.05) is 6.07 Å². The van der Waals surface area contributed by atoms with Crippen LogP contribution in [-0.2, 0) is 0 Å². The Balaban J connectivity index is 3.13. The van der Waals surface area contributed by atoms with Crippen LogP contribution in [0.1, 0.15) is 11.1 Å². The maximum absolute atomic E-state index is 11.9. The molecular formula is C9H9F3O2. The van der Waals surface area contributed by atoms with Gasteiger partial charge in [0, 0.05) is 5.56 Å². The fourth-order valence-corrected chi connectivity index (χ4v) is 1.09. The first-order valence-electron chi connectivity index (χ1n) is 3.86. The summed E-state index contributed by atoms with van der Waals surface area (Å²) in [5.74, 6) is -0.549. The van der Waals surface area contributed by atoms with Crippen molar-refractivity contribution in [2.45, 2.75) is 20.2 Å². The lowest BCUT2D eigenvalue weighted by Crippen LogP contribution is -2.18. The number of hydrogen-bond acceptors (Lipinski definition) is 2. The summed E-state index contributed by atoms with van der Waals surface area (Å²) < 4.78 is 39.6. The van der Waals surface area contributed by atoms with E-state index < -0.39 is 6.36 Å². The van der Waals surface area contributed by atoms with Crippen molar-refractivity contribution in [2.75, 3.05) is 0 Å². The van der Waals surface area contributed by atoms with Crippen molar-refractivity contribution < 1.29 is 23.0 Å². The fourth-order valence-electron chi connectivity index (χ4n) is 1.09. The molecule has 14 heavy (non-hydrogen) atoms. The number of rotatable bonds is 1. The molecule has 2 nitrogen and oxygen atoms in total. The predicted octanol–water partition coefficient (Wildman–Crippen LogP) is 2.91. The molecule has 0 aromatic heterocycles. The lowest BCUT2D eigenvalue weighted by Gasteiger charge is -2.14. The molecule has 1 aromatic rings. The second kappa shape index (κ2) is 3.40. The molecule has 78 valence electrons. The van der Waals surface area contributed by atoms with E-state index in [1.807, 2.05) is 0 Å². The quantitative estimate of drug-likeness (QED) is 0.765. The summed E-state index contributed by atoms with van der Waals surface area (Å²) in [5, 5.41) is 9.17. The van der Waals surface area contributed by atoms with E-state index in [-0.39, 0.29) is 17.1 Å². The topological polar surface area (TPSA) is 29.5 Å². The highest BCUT2D eigenvalue weighted by atomic mass is 19.4. The Labute approximate surface area is 78.9 Å².